The summed E-state index contributed by atoms with van der Waals surface area (Å²) in [6, 6.07) is 9.16. The van der Waals surface area contributed by atoms with E-state index in [9.17, 15) is 23.1 Å². The van der Waals surface area contributed by atoms with Gasteiger partial charge in [-0.2, -0.15) is 0 Å². The zero-order valence-electron chi connectivity index (χ0n) is 15.8. The van der Waals surface area contributed by atoms with Gasteiger partial charge in [0, 0.05) is 5.69 Å². The lowest BCUT2D eigenvalue weighted by atomic mass is 10.2. The number of thiophene rings is 1. The number of hydrogen-bond acceptors (Lipinski definition) is 7. The highest BCUT2D eigenvalue weighted by Gasteiger charge is 2.19. The van der Waals surface area contributed by atoms with E-state index in [1.54, 1.807) is 11.4 Å². The first kappa shape index (κ1) is 24.1. The number of benzene rings is 2. The molecular weight excluding hydrogens is 523 g/mol. The van der Waals surface area contributed by atoms with Gasteiger partial charge in [0.1, 0.15) is 15.5 Å². The predicted octanol–water partition coefficient (Wildman–Crippen LogP) is 5.01. The molecule has 0 aliphatic carbocycles. The van der Waals surface area contributed by atoms with Gasteiger partial charge in [0.2, 0.25) is 0 Å². The number of rotatable bonds is 7. The van der Waals surface area contributed by atoms with Crippen LogP contribution in [0.15, 0.2) is 52.1 Å². The van der Waals surface area contributed by atoms with Crippen LogP contribution >= 0.6 is 46.1 Å². The van der Waals surface area contributed by atoms with Crippen molar-refractivity contribution in [2.45, 2.75) is 4.21 Å². The SMILES string of the molecule is O=C(COC(=O)c1cc(NS(=O)(=O)c2cccs2)ccc1O)Nc1cc(Cl)c(Cl)cc1Cl. The number of hydrogen-bond donors (Lipinski definition) is 3. The second kappa shape index (κ2) is 9.97. The first-order chi connectivity index (χ1) is 15.1. The molecule has 13 heteroatoms. The first-order valence-electron chi connectivity index (χ1n) is 8.57. The molecule has 0 bridgehead atoms. The summed E-state index contributed by atoms with van der Waals surface area (Å²) in [6.45, 7) is -0.708. The molecule has 0 aliphatic rings. The Bertz CT molecular complexity index is 1280. The fraction of sp³-hybridized carbons (Fsp3) is 0.0526. The van der Waals surface area contributed by atoms with Crippen LogP contribution in [0.3, 0.4) is 0 Å². The maximum absolute atomic E-state index is 12.3. The number of phenolic OH excluding ortho intramolecular Hbond substituents is 1. The Morgan fingerprint density at radius 2 is 1.75 bits per heavy atom. The van der Waals surface area contributed by atoms with E-state index >= 15 is 0 Å². The summed E-state index contributed by atoms with van der Waals surface area (Å²) in [4.78, 5) is 24.4. The van der Waals surface area contributed by atoms with Crippen molar-refractivity contribution in [2.75, 3.05) is 16.6 Å². The van der Waals surface area contributed by atoms with Gasteiger partial charge in [0.05, 0.1) is 20.8 Å². The number of ether oxygens (including phenoxy) is 1. The monoisotopic (exact) mass is 534 g/mol. The third-order valence-electron chi connectivity index (χ3n) is 3.85. The molecule has 0 atom stereocenters. The molecule has 0 fully saturated rings. The number of amides is 1. The van der Waals surface area contributed by atoms with Crippen molar-refractivity contribution in [3.63, 3.8) is 0 Å². The summed E-state index contributed by atoms with van der Waals surface area (Å²) in [5.74, 6) is -2.23. The second-order valence-electron chi connectivity index (χ2n) is 6.14. The molecule has 32 heavy (non-hydrogen) atoms. The van der Waals surface area contributed by atoms with E-state index in [1.165, 1.54) is 24.3 Å². The Morgan fingerprint density at radius 3 is 2.44 bits per heavy atom. The van der Waals surface area contributed by atoms with E-state index < -0.39 is 34.3 Å². The van der Waals surface area contributed by atoms with E-state index in [0.717, 1.165) is 23.5 Å². The van der Waals surface area contributed by atoms with Crippen molar-refractivity contribution in [1.82, 2.24) is 0 Å². The number of carbonyl (C=O) groups is 2. The molecule has 1 amide bonds. The van der Waals surface area contributed by atoms with E-state index in [4.69, 9.17) is 39.5 Å². The Labute approximate surface area is 201 Å². The molecule has 0 aliphatic heterocycles. The van der Waals surface area contributed by atoms with Crippen LogP contribution in [0.5, 0.6) is 5.75 Å². The molecule has 0 unspecified atom stereocenters. The van der Waals surface area contributed by atoms with Crippen LogP contribution in [-0.4, -0.2) is 32.0 Å². The average Bonchev–Trinajstić information content (AvgIpc) is 3.27. The van der Waals surface area contributed by atoms with Crippen molar-refractivity contribution >= 4 is 79.4 Å². The zero-order valence-corrected chi connectivity index (χ0v) is 19.7. The molecule has 3 rings (SSSR count). The number of anilines is 2. The Kier molecular flexibility index (Phi) is 7.52. The lowest BCUT2D eigenvalue weighted by molar-refractivity contribution is -0.119. The topological polar surface area (TPSA) is 122 Å². The summed E-state index contributed by atoms with van der Waals surface area (Å²) in [5, 5.41) is 14.5. The number of carbonyl (C=O) groups excluding carboxylic acids is 2. The highest BCUT2D eigenvalue weighted by molar-refractivity contribution is 7.94. The van der Waals surface area contributed by atoms with Crippen LogP contribution < -0.4 is 10.0 Å². The van der Waals surface area contributed by atoms with Crippen LogP contribution in [0.4, 0.5) is 11.4 Å². The first-order valence-corrected chi connectivity index (χ1v) is 12.1. The largest absolute Gasteiger partial charge is 0.507 e. The smallest absolute Gasteiger partial charge is 0.342 e. The number of halogens is 3. The molecule has 1 aromatic heterocycles. The van der Waals surface area contributed by atoms with E-state index in [2.05, 4.69) is 10.0 Å². The average molecular weight is 536 g/mol. The fourth-order valence-electron chi connectivity index (χ4n) is 2.40. The van der Waals surface area contributed by atoms with Crippen LogP contribution in [0.2, 0.25) is 15.1 Å². The normalized spacial score (nSPS) is 11.1. The van der Waals surface area contributed by atoms with Gasteiger partial charge in [0.25, 0.3) is 15.9 Å². The van der Waals surface area contributed by atoms with E-state index in [-0.39, 0.29) is 36.2 Å². The minimum Gasteiger partial charge on any atom is -0.507 e. The molecular formula is C19H13Cl3N2O6S2. The molecule has 2 aromatic carbocycles. The lowest BCUT2D eigenvalue weighted by Crippen LogP contribution is -2.21. The zero-order chi connectivity index (χ0) is 23.5. The van der Waals surface area contributed by atoms with Gasteiger partial charge in [-0.05, 0) is 41.8 Å². The maximum Gasteiger partial charge on any atom is 0.342 e. The highest BCUT2D eigenvalue weighted by Crippen LogP contribution is 2.32. The van der Waals surface area contributed by atoms with Gasteiger partial charge < -0.3 is 15.2 Å². The number of esters is 1. The van der Waals surface area contributed by atoms with E-state index in [0.29, 0.717) is 0 Å². The Balaban J connectivity index is 1.67. The van der Waals surface area contributed by atoms with Gasteiger partial charge in [-0.1, -0.05) is 40.9 Å². The predicted molar refractivity (Wildman–Crippen MR) is 124 cm³/mol. The lowest BCUT2D eigenvalue weighted by Gasteiger charge is -2.11. The third-order valence-corrected chi connectivity index (χ3v) is 7.66. The number of phenols is 1. The summed E-state index contributed by atoms with van der Waals surface area (Å²) in [7, 11) is -3.86. The molecule has 1 heterocycles. The fourth-order valence-corrected chi connectivity index (χ4v) is 5.03. The Morgan fingerprint density at radius 1 is 1.03 bits per heavy atom. The van der Waals surface area contributed by atoms with Crippen LogP contribution in [0, 0.1) is 0 Å². The van der Waals surface area contributed by atoms with Crippen LogP contribution in [0.1, 0.15) is 10.4 Å². The van der Waals surface area contributed by atoms with Crippen LogP contribution in [0.25, 0.3) is 0 Å². The maximum atomic E-state index is 12.3. The number of aromatic hydroxyl groups is 1. The van der Waals surface area contributed by atoms with Crippen molar-refractivity contribution in [3.05, 3.63) is 68.5 Å². The van der Waals surface area contributed by atoms with Gasteiger partial charge in [0.15, 0.2) is 6.61 Å². The van der Waals surface area contributed by atoms with Gasteiger partial charge in [-0.15, -0.1) is 11.3 Å². The molecule has 8 nitrogen and oxygen atoms in total. The summed E-state index contributed by atoms with van der Waals surface area (Å²) >= 11 is 18.7. The minimum absolute atomic E-state index is 0.0233. The van der Waals surface area contributed by atoms with Gasteiger partial charge in [-0.3, -0.25) is 9.52 Å². The number of sulfonamides is 1. The molecule has 0 radical (unpaired) electrons. The number of nitrogens with one attached hydrogen (secondary N) is 2. The van der Waals surface area contributed by atoms with Crippen molar-refractivity contribution < 1.29 is 27.9 Å². The summed E-state index contributed by atoms with van der Waals surface area (Å²) in [5.41, 5.74) is -0.151. The molecule has 3 N–H and O–H groups in total. The van der Waals surface area contributed by atoms with Crippen LogP contribution in [-0.2, 0) is 19.6 Å². The minimum atomic E-state index is -3.86. The molecule has 0 saturated carbocycles. The second-order valence-corrected chi connectivity index (χ2v) is 10.2. The highest BCUT2D eigenvalue weighted by atomic mass is 35.5. The molecule has 0 spiro atoms. The molecule has 0 saturated heterocycles. The van der Waals surface area contributed by atoms with Crippen molar-refractivity contribution in [2.24, 2.45) is 0 Å². The van der Waals surface area contributed by atoms with Crippen molar-refractivity contribution in [3.8, 4) is 5.75 Å². The van der Waals surface area contributed by atoms with Crippen molar-refractivity contribution in [1.29, 1.82) is 0 Å². The third kappa shape index (κ3) is 5.84. The molecule has 3 aromatic rings. The Hall–Kier alpha value is -2.50. The standard InChI is InChI=1S/C19H13Cl3N2O6S2/c20-12-7-14(22)15(8-13(12)21)23-17(26)9-30-19(27)11-6-10(3-4-16(11)25)24-32(28,29)18-2-1-5-31-18/h1-8,24-25H,9H2,(H,23,26). The molecule has 168 valence electrons. The quantitative estimate of drug-likeness (QED) is 0.222. The van der Waals surface area contributed by atoms with Gasteiger partial charge >= 0.3 is 5.97 Å². The summed E-state index contributed by atoms with van der Waals surface area (Å²) in [6.07, 6.45) is 0. The van der Waals surface area contributed by atoms with E-state index in [1.807, 2.05) is 0 Å². The summed E-state index contributed by atoms with van der Waals surface area (Å²) < 4.78 is 31.9. The van der Waals surface area contributed by atoms with Gasteiger partial charge in [-0.25, -0.2) is 13.2 Å².